The Hall–Kier alpha value is -1.92. The lowest BCUT2D eigenvalue weighted by molar-refractivity contribution is 0.414. The van der Waals surface area contributed by atoms with Gasteiger partial charge in [-0.2, -0.15) is 5.10 Å². The van der Waals surface area contributed by atoms with Crippen LogP contribution in [0.15, 0.2) is 30.5 Å². The molecule has 0 fully saturated rings. The van der Waals surface area contributed by atoms with Gasteiger partial charge in [0.1, 0.15) is 10.8 Å². The predicted octanol–water partition coefficient (Wildman–Crippen LogP) is 1.85. The van der Waals surface area contributed by atoms with Crippen LogP contribution in [0, 0.1) is 0 Å². The van der Waals surface area contributed by atoms with E-state index >= 15 is 0 Å². The molecule has 0 aliphatic rings. The van der Waals surface area contributed by atoms with Gasteiger partial charge in [0, 0.05) is 13.0 Å². The van der Waals surface area contributed by atoms with Crippen molar-refractivity contribution in [1.29, 1.82) is 0 Å². The van der Waals surface area contributed by atoms with Gasteiger partial charge in [-0.15, -0.1) is 0 Å². The average molecular weight is 274 g/mol. The Balaban J connectivity index is 1.81. The molecule has 0 atom stereocenters. The highest BCUT2D eigenvalue weighted by Gasteiger charge is 2.08. The van der Waals surface area contributed by atoms with E-state index in [2.05, 4.69) is 10.1 Å². The number of nitrogens with two attached hydrogens (primary N) is 1. The first kappa shape index (κ1) is 12.1. The standard InChI is InChI=1S/C13H14N4OS/c1-18-11-4-2-9(3-5-11)6-12-16-17-8-10(7-14)15-13(17)19-12/h2-5,8H,6-7,14H2,1H3. The van der Waals surface area contributed by atoms with Crippen LogP contribution >= 0.6 is 11.3 Å². The van der Waals surface area contributed by atoms with Gasteiger partial charge >= 0.3 is 0 Å². The monoisotopic (exact) mass is 274 g/mol. The minimum Gasteiger partial charge on any atom is -0.497 e. The predicted molar refractivity (Wildman–Crippen MR) is 74.6 cm³/mol. The Kier molecular flexibility index (Phi) is 3.18. The molecule has 5 nitrogen and oxygen atoms in total. The second-order valence-electron chi connectivity index (χ2n) is 4.18. The van der Waals surface area contributed by atoms with E-state index in [4.69, 9.17) is 10.5 Å². The van der Waals surface area contributed by atoms with Gasteiger partial charge in [-0.05, 0) is 17.7 Å². The maximum Gasteiger partial charge on any atom is 0.212 e. The van der Waals surface area contributed by atoms with Gasteiger partial charge in [0.15, 0.2) is 0 Å². The molecule has 6 heteroatoms. The van der Waals surface area contributed by atoms with Crippen molar-refractivity contribution in [3.63, 3.8) is 0 Å². The number of fused-ring (bicyclic) bond motifs is 1. The molecule has 2 N–H and O–H groups in total. The van der Waals surface area contributed by atoms with Crippen LogP contribution in [0.4, 0.5) is 0 Å². The molecule has 0 aliphatic heterocycles. The number of nitrogens with zero attached hydrogens (tertiary/aromatic N) is 3. The Morgan fingerprint density at radius 2 is 2.11 bits per heavy atom. The van der Waals surface area contributed by atoms with Crippen LogP contribution in [-0.2, 0) is 13.0 Å². The summed E-state index contributed by atoms with van der Waals surface area (Å²) in [6, 6.07) is 8.02. The molecule has 0 saturated heterocycles. The van der Waals surface area contributed by atoms with E-state index in [9.17, 15) is 0 Å². The molecule has 2 aromatic heterocycles. The summed E-state index contributed by atoms with van der Waals surface area (Å²) in [5, 5.41) is 5.54. The molecule has 3 aromatic rings. The number of ether oxygens (including phenoxy) is 1. The number of benzene rings is 1. The summed E-state index contributed by atoms with van der Waals surface area (Å²) >= 11 is 1.59. The van der Waals surface area contributed by atoms with E-state index in [-0.39, 0.29) is 0 Å². The molecule has 0 saturated carbocycles. The largest absolute Gasteiger partial charge is 0.497 e. The molecular formula is C13H14N4OS. The van der Waals surface area contributed by atoms with Crippen molar-refractivity contribution in [2.45, 2.75) is 13.0 Å². The third-order valence-electron chi connectivity index (χ3n) is 2.86. The van der Waals surface area contributed by atoms with Gasteiger partial charge in [-0.25, -0.2) is 9.50 Å². The normalized spacial score (nSPS) is 11.1. The van der Waals surface area contributed by atoms with E-state index in [1.54, 1.807) is 23.0 Å². The molecule has 0 spiro atoms. The number of hydrogen-bond donors (Lipinski definition) is 1. The van der Waals surface area contributed by atoms with Gasteiger partial charge < -0.3 is 10.5 Å². The van der Waals surface area contributed by atoms with Crippen LogP contribution < -0.4 is 10.5 Å². The minimum absolute atomic E-state index is 0.448. The van der Waals surface area contributed by atoms with Crippen molar-refractivity contribution >= 4 is 16.3 Å². The summed E-state index contributed by atoms with van der Waals surface area (Å²) in [6.45, 7) is 0.448. The number of imidazole rings is 1. The first-order chi connectivity index (χ1) is 9.28. The van der Waals surface area contributed by atoms with Crippen molar-refractivity contribution < 1.29 is 4.74 Å². The van der Waals surface area contributed by atoms with E-state index in [1.165, 1.54) is 5.56 Å². The van der Waals surface area contributed by atoms with Crippen molar-refractivity contribution in [2.24, 2.45) is 5.73 Å². The fourth-order valence-electron chi connectivity index (χ4n) is 1.87. The van der Waals surface area contributed by atoms with Crippen LogP contribution in [-0.4, -0.2) is 21.7 Å². The van der Waals surface area contributed by atoms with Crippen molar-refractivity contribution in [3.8, 4) is 5.75 Å². The fraction of sp³-hybridized carbons (Fsp3) is 0.231. The molecule has 2 heterocycles. The van der Waals surface area contributed by atoms with E-state index < -0.39 is 0 Å². The van der Waals surface area contributed by atoms with Crippen molar-refractivity contribution in [1.82, 2.24) is 14.6 Å². The SMILES string of the molecule is COc1ccc(Cc2nn3cc(CN)nc3s2)cc1. The Bertz CT molecular complexity index is 655. The lowest BCUT2D eigenvalue weighted by atomic mass is 10.1. The molecular weight excluding hydrogens is 260 g/mol. The number of rotatable bonds is 4. The second-order valence-corrected chi connectivity index (χ2v) is 5.22. The van der Waals surface area contributed by atoms with E-state index in [1.807, 2.05) is 30.5 Å². The minimum atomic E-state index is 0.448. The molecule has 19 heavy (non-hydrogen) atoms. The first-order valence-corrected chi connectivity index (χ1v) is 6.77. The summed E-state index contributed by atoms with van der Waals surface area (Å²) in [4.78, 5) is 5.29. The highest BCUT2D eigenvalue weighted by atomic mass is 32.1. The topological polar surface area (TPSA) is 65.4 Å². The molecule has 0 bridgehead atoms. The van der Waals surface area contributed by atoms with Crippen molar-refractivity contribution in [3.05, 3.63) is 46.7 Å². The zero-order valence-electron chi connectivity index (χ0n) is 10.5. The molecule has 0 amide bonds. The van der Waals surface area contributed by atoms with Crippen LogP contribution in [0.1, 0.15) is 16.3 Å². The molecule has 0 unspecified atom stereocenters. The van der Waals surface area contributed by atoms with Crippen LogP contribution in [0.5, 0.6) is 5.75 Å². The van der Waals surface area contributed by atoms with Gasteiger partial charge in [0.2, 0.25) is 4.96 Å². The van der Waals surface area contributed by atoms with Gasteiger partial charge in [-0.3, -0.25) is 0 Å². The van der Waals surface area contributed by atoms with Crippen LogP contribution in [0.3, 0.4) is 0 Å². The molecule has 3 rings (SSSR count). The third-order valence-corrected chi connectivity index (χ3v) is 3.78. The summed E-state index contributed by atoms with van der Waals surface area (Å²) in [6.07, 6.45) is 2.68. The first-order valence-electron chi connectivity index (χ1n) is 5.95. The Morgan fingerprint density at radius 1 is 1.32 bits per heavy atom. The van der Waals surface area contributed by atoms with Gasteiger partial charge in [0.25, 0.3) is 0 Å². The van der Waals surface area contributed by atoms with Gasteiger partial charge in [-0.1, -0.05) is 23.5 Å². The van der Waals surface area contributed by atoms with E-state index in [0.717, 1.165) is 27.8 Å². The maximum absolute atomic E-state index is 5.55. The maximum atomic E-state index is 5.55. The van der Waals surface area contributed by atoms with E-state index in [0.29, 0.717) is 6.54 Å². The fourth-order valence-corrected chi connectivity index (χ4v) is 2.80. The Labute approximate surface area is 114 Å². The zero-order chi connectivity index (χ0) is 13.2. The highest BCUT2D eigenvalue weighted by molar-refractivity contribution is 7.16. The highest BCUT2D eigenvalue weighted by Crippen LogP contribution is 2.19. The average Bonchev–Trinajstić information content (AvgIpc) is 2.97. The smallest absolute Gasteiger partial charge is 0.212 e. The number of methoxy groups -OCH3 is 1. The second kappa shape index (κ2) is 4.99. The van der Waals surface area contributed by atoms with Gasteiger partial charge in [0.05, 0.1) is 19.0 Å². The number of hydrogen-bond acceptors (Lipinski definition) is 5. The zero-order valence-corrected chi connectivity index (χ0v) is 11.4. The lowest BCUT2D eigenvalue weighted by Crippen LogP contribution is -1.96. The molecule has 98 valence electrons. The summed E-state index contributed by atoms with van der Waals surface area (Å²) in [7, 11) is 1.67. The summed E-state index contributed by atoms with van der Waals surface area (Å²) in [5.41, 5.74) is 7.63. The Morgan fingerprint density at radius 3 is 2.74 bits per heavy atom. The molecule has 1 aromatic carbocycles. The van der Waals surface area contributed by atoms with Crippen LogP contribution in [0.25, 0.3) is 4.96 Å². The summed E-state index contributed by atoms with van der Waals surface area (Å²) in [5.74, 6) is 0.866. The lowest BCUT2D eigenvalue weighted by Gasteiger charge is -2.00. The molecule has 0 radical (unpaired) electrons. The molecule has 0 aliphatic carbocycles. The van der Waals surface area contributed by atoms with Crippen molar-refractivity contribution in [2.75, 3.05) is 7.11 Å². The third kappa shape index (κ3) is 2.45. The van der Waals surface area contributed by atoms with Crippen LogP contribution in [0.2, 0.25) is 0 Å². The quantitative estimate of drug-likeness (QED) is 0.788. The summed E-state index contributed by atoms with van der Waals surface area (Å²) < 4.78 is 6.94. The number of aromatic nitrogens is 3.